The molecule has 0 aliphatic rings. The molecule has 0 radical (unpaired) electrons. The van der Waals surface area contributed by atoms with Gasteiger partial charge in [-0.1, -0.05) is 36.0 Å². The molecule has 0 spiro atoms. The molecule has 0 unspecified atom stereocenters. The molecule has 0 aliphatic heterocycles. The van der Waals surface area contributed by atoms with Crippen molar-refractivity contribution in [2.24, 2.45) is 0 Å². The summed E-state index contributed by atoms with van der Waals surface area (Å²) in [4.78, 5) is 4.61. The van der Waals surface area contributed by atoms with Crippen LogP contribution in [-0.4, -0.2) is 4.98 Å². The maximum atomic E-state index is 5.93. The number of fused-ring (bicyclic) bond motifs is 1. The van der Waals surface area contributed by atoms with Crippen molar-refractivity contribution in [3.05, 3.63) is 54.1 Å². The number of hydrogen-bond donors (Lipinski definition) is 2. The van der Waals surface area contributed by atoms with Crippen LogP contribution in [0, 0.1) is 6.92 Å². The van der Waals surface area contributed by atoms with E-state index >= 15 is 0 Å². The lowest BCUT2D eigenvalue weighted by molar-refractivity contribution is 1.22. The summed E-state index contributed by atoms with van der Waals surface area (Å²) in [6, 6.07) is 16.5. The van der Waals surface area contributed by atoms with Crippen molar-refractivity contribution in [3.63, 3.8) is 0 Å². The highest BCUT2D eigenvalue weighted by Gasteiger charge is 2.06. The molecule has 0 bridgehead atoms. The number of para-hydroxylation sites is 1. The first kappa shape index (κ1) is 11.2. The molecular formula is C15H14N2S. The van der Waals surface area contributed by atoms with Crippen LogP contribution in [0.5, 0.6) is 0 Å². The van der Waals surface area contributed by atoms with Crippen molar-refractivity contribution >= 4 is 28.4 Å². The Morgan fingerprint density at radius 3 is 2.72 bits per heavy atom. The fraction of sp³-hybridized carbons (Fsp3) is 0.0667. The minimum Gasteiger partial charge on any atom is -0.398 e. The van der Waals surface area contributed by atoms with Crippen molar-refractivity contribution in [2.45, 2.75) is 16.8 Å². The predicted octanol–water partition coefficient (Wildman–Crippen LogP) is 4.21. The zero-order chi connectivity index (χ0) is 12.5. The molecule has 3 N–H and O–H groups in total. The third-order valence-electron chi connectivity index (χ3n) is 3.05. The number of hydrogen-bond acceptors (Lipinski definition) is 2. The third kappa shape index (κ3) is 1.97. The Morgan fingerprint density at radius 1 is 1.06 bits per heavy atom. The molecule has 18 heavy (non-hydrogen) atoms. The number of rotatable bonds is 2. The average molecular weight is 254 g/mol. The van der Waals surface area contributed by atoms with E-state index in [1.807, 2.05) is 18.2 Å². The predicted molar refractivity (Wildman–Crippen MR) is 78.0 cm³/mol. The van der Waals surface area contributed by atoms with E-state index in [1.165, 1.54) is 15.8 Å². The number of aromatic nitrogens is 1. The maximum absolute atomic E-state index is 5.93. The lowest BCUT2D eigenvalue weighted by Gasteiger charge is -2.06. The first-order chi connectivity index (χ1) is 8.74. The summed E-state index contributed by atoms with van der Waals surface area (Å²) in [6.45, 7) is 2.06. The van der Waals surface area contributed by atoms with Gasteiger partial charge < -0.3 is 10.7 Å². The van der Waals surface area contributed by atoms with Crippen LogP contribution < -0.4 is 5.73 Å². The molecule has 3 aromatic rings. The fourth-order valence-electron chi connectivity index (χ4n) is 1.96. The largest absolute Gasteiger partial charge is 0.398 e. The molecule has 2 aromatic carbocycles. The van der Waals surface area contributed by atoms with E-state index < -0.39 is 0 Å². The zero-order valence-corrected chi connectivity index (χ0v) is 10.9. The van der Waals surface area contributed by atoms with Crippen molar-refractivity contribution in [1.29, 1.82) is 0 Å². The second-order valence-electron chi connectivity index (χ2n) is 4.29. The summed E-state index contributed by atoms with van der Waals surface area (Å²) in [5.74, 6) is 0. The second-order valence-corrected chi connectivity index (χ2v) is 5.38. The van der Waals surface area contributed by atoms with E-state index in [2.05, 4.69) is 42.2 Å². The molecule has 3 heteroatoms. The van der Waals surface area contributed by atoms with Crippen molar-refractivity contribution < 1.29 is 0 Å². The summed E-state index contributed by atoms with van der Waals surface area (Å²) in [6.07, 6.45) is 0. The van der Waals surface area contributed by atoms with Crippen LogP contribution in [0.3, 0.4) is 0 Å². The molecule has 0 fully saturated rings. The van der Waals surface area contributed by atoms with Crippen molar-refractivity contribution in [2.75, 3.05) is 5.73 Å². The van der Waals surface area contributed by atoms with E-state index in [1.54, 1.807) is 11.8 Å². The van der Waals surface area contributed by atoms with E-state index in [4.69, 9.17) is 5.73 Å². The first-order valence-electron chi connectivity index (χ1n) is 5.85. The van der Waals surface area contributed by atoms with Crippen molar-refractivity contribution in [1.82, 2.24) is 4.98 Å². The Balaban J connectivity index is 1.99. The highest BCUT2D eigenvalue weighted by atomic mass is 32.2. The summed E-state index contributed by atoms with van der Waals surface area (Å²) in [5, 5.41) is 2.38. The first-order valence-corrected chi connectivity index (χ1v) is 6.66. The van der Waals surface area contributed by atoms with E-state index in [-0.39, 0.29) is 0 Å². The minimum absolute atomic E-state index is 0.844. The number of nitrogens with one attached hydrogen (secondary N) is 1. The highest BCUT2D eigenvalue weighted by Crippen LogP contribution is 2.33. The molecular weight excluding hydrogens is 240 g/mol. The molecule has 0 saturated carbocycles. The van der Waals surface area contributed by atoms with Gasteiger partial charge >= 0.3 is 0 Å². The zero-order valence-electron chi connectivity index (χ0n) is 10.1. The lowest BCUT2D eigenvalue weighted by Crippen LogP contribution is -1.90. The van der Waals surface area contributed by atoms with Gasteiger partial charge in [0.15, 0.2) is 0 Å². The molecule has 0 saturated heterocycles. The Kier molecular flexibility index (Phi) is 2.76. The average Bonchev–Trinajstić information content (AvgIpc) is 2.77. The lowest BCUT2D eigenvalue weighted by atomic mass is 10.2. The molecule has 0 atom stereocenters. The highest BCUT2D eigenvalue weighted by molar-refractivity contribution is 7.99. The molecule has 1 heterocycles. The maximum Gasteiger partial charge on any atom is 0.0780 e. The third-order valence-corrected chi connectivity index (χ3v) is 4.15. The molecule has 0 amide bonds. The van der Waals surface area contributed by atoms with Crippen LogP contribution >= 0.6 is 11.8 Å². The van der Waals surface area contributed by atoms with Crippen LogP contribution in [0.15, 0.2) is 58.5 Å². The summed E-state index contributed by atoms with van der Waals surface area (Å²) in [5.41, 5.74) is 9.08. The number of nitrogens with two attached hydrogens (primary N) is 1. The van der Waals surface area contributed by atoms with Crippen LogP contribution in [0.2, 0.25) is 0 Å². The van der Waals surface area contributed by atoms with Gasteiger partial charge in [-0.05, 0) is 36.8 Å². The van der Waals surface area contributed by atoms with Gasteiger partial charge in [-0.25, -0.2) is 0 Å². The Bertz CT molecular complexity index is 668. The van der Waals surface area contributed by atoms with Gasteiger partial charge in [0, 0.05) is 21.5 Å². The van der Waals surface area contributed by atoms with Crippen LogP contribution in [0.1, 0.15) is 5.56 Å². The molecule has 2 nitrogen and oxygen atoms in total. The SMILES string of the molecule is Cc1c(N)cccc1Sc1cc2ccccc2[nH]1. The summed E-state index contributed by atoms with van der Waals surface area (Å²) in [7, 11) is 0. The number of H-pyrrole nitrogens is 1. The Morgan fingerprint density at radius 2 is 1.89 bits per heavy atom. The van der Waals surface area contributed by atoms with E-state index in [0.717, 1.165) is 16.3 Å². The quantitative estimate of drug-likeness (QED) is 0.673. The Hall–Kier alpha value is -1.87. The normalized spacial score (nSPS) is 10.9. The molecule has 90 valence electrons. The number of nitrogen functional groups attached to an aromatic ring is 1. The summed E-state index contributed by atoms with van der Waals surface area (Å²) >= 11 is 1.72. The van der Waals surface area contributed by atoms with Crippen LogP contribution in [-0.2, 0) is 0 Å². The van der Waals surface area contributed by atoms with E-state index in [9.17, 15) is 0 Å². The van der Waals surface area contributed by atoms with Gasteiger partial charge in [0.2, 0.25) is 0 Å². The topological polar surface area (TPSA) is 41.8 Å². The van der Waals surface area contributed by atoms with Gasteiger partial charge in [-0.15, -0.1) is 0 Å². The van der Waals surface area contributed by atoms with Crippen molar-refractivity contribution in [3.8, 4) is 0 Å². The molecule has 1 aromatic heterocycles. The van der Waals surface area contributed by atoms with E-state index in [0.29, 0.717) is 0 Å². The minimum atomic E-state index is 0.844. The standard InChI is InChI=1S/C15H14N2S/c1-10-12(16)6-4-8-14(10)18-15-9-11-5-2-3-7-13(11)17-15/h2-9,17H,16H2,1H3. The van der Waals surface area contributed by atoms with Gasteiger partial charge in [0.25, 0.3) is 0 Å². The number of benzene rings is 2. The number of anilines is 1. The monoisotopic (exact) mass is 254 g/mol. The van der Waals surface area contributed by atoms with Gasteiger partial charge in [-0.2, -0.15) is 0 Å². The van der Waals surface area contributed by atoms with Gasteiger partial charge in [-0.3, -0.25) is 0 Å². The van der Waals surface area contributed by atoms with Gasteiger partial charge in [0.1, 0.15) is 0 Å². The second kappa shape index (κ2) is 4.42. The smallest absolute Gasteiger partial charge is 0.0780 e. The van der Waals surface area contributed by atoms with Crippen LogP contribution in [0.25, 0.3) is 10.9 Å². The summed E-state index contributed by atoms with van der Waals surface area (Å²) < 4.78 is 0. The number of aromatic amines is 1. The van der Waals surface area contributed by atoms with Gasteiger partial charge in [0.05, 0.1) is 5.03 Å². The molecule has 0 aliphatic carbocycles. The Labute approximate surface area is 110 Å². The fourth-order valence-corrected chi connectivity index (χ4v) is 2.96. The van der Waals surface area contributed by atoms with Crippen LogP contribution in [0.4, 0.5) is 5.69 Å². The molecule has 3 rings (SSSR count).